The van der Waals surface area contributed by atoms with Crippen LogP contribution in [0.2, 0.25) is 0 Å². The first-order chi connectivity index (χ1) is 68.2. The van der Waals surface area contributed by atoms with Crippen molar-refractivity contribution in [2.75, 3.05) is 0 Å². The van der Waals surface area contributed by atoms with Crippen molar-refractivity contribution in [2.24, 2.45) is 28.2 Å². The molecule has 4 unspecified atom stereocenters. The number of aryl methyl sites for hydroxylation is 9. The van der Waals surface area contributed by atoms with Gasteiger partial charge in [0.15, 0.2) is 24.8 Å². The van der Waals surface area contributed by atoms with Gasteiger partial charge in [0, 0.05) is 118 Å². The van der Waals surface area contributed by atoms with Crippen LogP contribution < -0.4 is 18.3 Å². The number of fused-ring (bicyclic) bond motifs is 2. The minimum absolute atomic E-state index is 0.257. The molecule has 139 heavy (non-hydrogen) atoms. The number of hydrogen-bond donors (Lipinski definition) is 0. The third kappa shape index (κ3) is 13.9. The first kappa shape index (κ1) is 84.9. The summed E-state index contributed by atoms with van der Waals surface area (Å²) < 4.78 is 9.17. The summed E-state index contributed by atoms with van der Waals surface area (Å²) in [5.41, 5.74) is 58.8. The third-order valence-corrected chi connectivity index (χ3v) is 34.3. The monoisotopic (exact) mass is 1790 g/mol. The highest BCUT2D eigenvalue weighted by Crippen LogP contribution is 2.63. The van der Waals surface area contributed by atoms with Gasteiger partial charge >= 0.3 is 0 Å². The quantitative estimate of drug-likeness (QED) is 0.141. The Kier molecular flexibility index (Phi) is 20.7. The topological polar surface area (TPSA) is 15.5 Å². The lowest BCUT2D eigenvalue weighted by Gasteiger charge is -2.42. The van der Waals surface area contributed by atoms with Crippen molar-refractivity contribution in [2.45, 2.75) is 158 Å². The lowest BCUT2D eigenvalue weighted by molar-refractivity contribution is -0.660. The second-order valence-corrected chi connectivity index (χ2v) is 42.1. The molecule has 2 fully saturated rings. The fraction of sp³-hybridized carbons (Fsp3) is 0.215. The van der Waals surface area contributed by atoms with E-state index in [1.165, 1.54) is 309 Å². The van der Waals surface area contributed by atoms with E-state index < -0.39 is 0 Å². The molecule has 0 saturated heterocycles. The number of aromatic nitrogens is 4. The van der Waals surface area contributed by atoms with Crippen LogP contribution in [0.15, 0.2) is 371 Å². The highest BCUT2D eigenvalue weighted by atomic mass is 14.9. The molecule has 14 aliphatic rings. The number of benzene rings is 15. The van der Waals surface area contributed by atoms with Crippen molar-refractivity contribution in [3.63, 3.8) is 0 Å². The zero-order valence-electron chi connectivity index (χ0n) is 81.4. The maximum Gasteiger partial charge on any atom is 0.213 e. The highest BCUT2D eigenvalue weighted by molar-refractivity contribution is 5.90. The van der Waals surface area contributed by atoms with Crippen molar-refractivity contribution in [3.8, 4) is 56.2 Å². The van der Waals surface area contributed by atoms with Gasteiger partial charge in [-0.1, -0.05) is 287 Å². The van der Waals surface area contributed by atoms with E-state index in [0.29, 0.717) is 35.5 Å². The highest BCUT2D eigenvalue weighted by Gasteiger charge is 2.48. The Labute approximate surface area is 819 Å². The molecule has 4 nitrogen and oxygen atoms in total. The van der Waals surface area contributed by atoms with Crippen LogP contribution in [-0.4, -0.2) is 0 Å². The second kappa shape index (κ2) is 33.9. The molecular formula is C135H118N4+4. The Hall–Kier alpha value is -14.6. The zero-order chi connectivity index (χ0) is 93.3. The molecule has 4 atom stereocenters. The predicted octanol–water partition coefficient (Wildman–Crippen LogP) is 30.3. The molecule has 14 aliphatic carbocycles. The summed E-state index contributed by atoms with van der Waals surface area (Å²) in [7, 11) is 8.72. The van der Waals surface area contributed by atoms with Crippen molar-refractivity contribution in [1.29, 1.82) is 0 Å². The molecule has 0 spiro atoms. The fourth-order valence-electron chi connectivity index (χ4n) is 27.8. The van der Waals surface area contributed by atoms with Gasteiger partial charge in [-0.2, -0.15) is 0 Å². The first-order valence-electron chi connectivity index (χ1n) is 51.4. The molecule has 4 heterocycles. The molecule has 674 valence electrons. The summed E-state index contributed by atoms with van der Waals surface area (Å²) in [6.07, 6.45) is 22.7. The average Bonchev–Trinajstić information content (AvgIpc) is 0.714. The molecule has 0 N–H and O–H groups in total. The van der Waals surface area contributed by atoms with Crippen molar-refractivity contribution in [1.82, 2.24) is 0 Å². The molecule has 15 aromatic carbocycles. The van der Waals surface area contributed by atoms with Crippen LogP contribution in [0, 0.1) is 34.6 Å². The summed E-state index contributed by atoms with van der Waals surface area (Å²) in [6.45, 7) is 11.5. The maximum atomic E-state index is 2.55. The average molecular weight is 1800 g/mol. The van der Waals surface area contributed by atoms with Gasteiger partial charge in [-0.15, -0.1) is 0 Å². The zero-order valence-corrected chi connectivity index (χ0v) is 81.4. The van der Waals surface area contributed by atoms with Crippen LogP contribution in [0.5, 0.6) is 0 Å². The molecule has 2 saturated carbocycles. The standard InChI is InChI=1S/C37H28N.C34H34N.C33H32N.C31H24N/c1-23-18-31-34(22-30(23)35-21-27(16-17-38(35)2)24-10-4-3-5-11-24)37-29-15-9-8-14-28(29)36(31)32-19-25-12-6-7-13-26(25)20-33(32)37;1-21-17-30-31(34-26-15-9-7-13-24(26)33(30)25-14-8-10-16-27(25)34)18-29(21)32-19-28(22(2)20-35(32)3)23-11-5-4-6-12-23;1-21-18-29-30(20-28(21)31-19-23(16-17-34(31)2)22-10-4-3-5-11-22)33-26-14-8-6-12-24(26)32(29)25-13-7-9-15-27(25)33;1-19-15-25-28(18-24(19)29-13-7-8-14-32(29)2)31-23-12-6-5-11-22(23)30(25)26-16-20-9-3-4-10-21(20)17-27(26)31/h3-22,36-37H,1-2H3;7-10,13-20,23,33-34H,4-6,11-12H2,1-3H3;6-9,12-20,22,32-33H,3-5,10-11H2,1-2H3;3-18,30-31H,1-2H3/q4*+1. The molecular weight excluding hydrogens is 1680 g/mol. The van der Waals surface area contributed by atoms with Gasteiger partial charge in [-0.05, 0) is 326 Å². The van der Waals surface area contributed by atoms with Gasteiger partial charge in [0.05, 0.1) is 0 Å². The number of rotatable bonds is 7. The number of hydrogen-bond acceptors (Lipinski definition) is 0. The summed E-state index contributed by atoms with van der Waals surface area (Å²) in [4.78, 5) is 0. The van der Waals surface area contributed by atoms with Crippen LogP contribution in [0.3, 0.4) is 0 Å². The lowest BCUT2D eigenvalue weighted by Crippen LogP contribution is -2.33. The molecule has 0 aliphatic heterocycles. The van der Waals surface area contributed by atoms with Gasteiger partial charge in [0.1, 0.15) is 28.2 Å². The van der Waals surface area contributed by atoms with E-state index in [9.17, 15) is 0 Å². The summed E-state index contributed by atoms with van der Waals surface area (Å²) >= 11 is 0. The van der Waals surface area contributed by atoms with Crippen LogP contribution >= 0.6 is 0 Å². The Morgan fingerprint density at radius 3 is 0.806 bits per heavy atom. The van der Waals surface area contributed by atoms with Crippen molar-refractivity contribution >= 4 is 21.5 Å². The molecule has 33 rings (SSSR count). The van der Waals surface area contributed by atoms with Gasteiger partial charge < -0.3 is 0 Å². The molecule has 4 heteroatoms. The smallest absolute Gasteiger partial charge is 0.201 e. The number of pyridine rings is 4. The SMILES string of the molecule is Cc1cc2c(cc1-c1cc(-c3ccccc3)cc[n+]1C)C1c3ccccc3C2c2cc3ccccc3cc21.Cc1cc2c(cc1-c1cc(C3CCCCC3)c(C)c[n+]1C)C1c3ccccc3C2c2ccccc21.Cc1cc2c(cc1-c1cc(C3CCCCC3)cc[n+]1C)C1c3ccccc3C2c2ccccc21.Cc1cc2c(cc1-c1cccc[n+]1C)C1c3ccccc3C2c2cc3ccccc3cc21. The lowest BCUT2D eigenvalue weighted by atomic mass is 9.60. The Morgan fingerprint density at radius 2 is 0.453 bits per heavy atom. The van der Waals surface area contributed by atoms with Crippen molar-refractivity contribution < 1.29 is 18.3 Å². The van der Waals surface area contributed by atoms with Crippen molar-refractivity contribution in [3.05, 3.63) is 543 Å². The normalized spacial score (nSPS) is 18.8. The fourth-order valence-corrected chi connectivity index (χ4v) is 27.8. The Bertz CT molecular complexity index is 8180. The largest absolute Gasteiger partial charge is 0.213 e. The van der Waals surface area contributed by atoms with E-state index in [1.807, 2.05) is 0 Å². The van der Waals surface area contributed by atoms with E-state index in [-0.39, 0.29) is 11.8 Å². The molecule has 0 radical (unpaired) electrons. The Balaban J connectivity index is 0.0000000957. The van der Waals surface area contributed by atoms with Gasteiger partial charge in [-0.3, -0.25) is 0 Å². The van der Waals surface area contributed by atoms with Gasteiger partial charge in [0.25, 0.3) is 0 Å². The van der Waals surface area contributed by atoms with Crippen LogP contribution in [0.1, 0.15) is 296 Å². The van der Waals surface area contributed by atoms with E-state index in [2.05, 4.69) is 452 Å². The van der Waals surface area contributed by atoms with Gasteiger partial charge in [-0.25, -0.2) is 18.3 Å². The van der Waals surface area contributed by atoms with Crippen LogP contribution in [0.25, 0.3) is 77.7 Å². The van der Waals surface area contributed by atoms with E-state index in [1.54, 1.807) is 5.56 Å². The van der Waals surface area contributed by atoms with Crippen LogP contribution in [0.4, 0.5) is 0 Å². The first-order valence-corrected chi connectivity index (χ1v) is 51.4. The van der Waals surface area contributed by atoms with E-state index in [0.717, 1.165) is 11.8 Å². The van der Waals surface area contributed by atoms with Gasteiger partial charge in [0.2, 0.25) is 22.8 Å². The van der Waals surface area contributed by atoms with Crippen LogP contribution in [-0.2, 0) is 28.2 Å². The Morgan fingerprint density at radius 1 is 0.180 bits per heavy atom. The minimum Gasteiger partial charge on any atom is -0.201 e. The third-order valence-electron chi connectivity index (χ3n) is 34.3. The summed E-state index contributed by atoms with van der Waals surface area (Å²) in [5.74, 6) is 3.94. The molecule has 8 bridgehead atoms. The maximum absolute atomic E-state index is 2.55. The predicted molar refractivity (Wildman–Crippen MR) is 567 cm³/mol. The molecule has 0 amide bonds. The minimum atomic E-state index is 0.257. The van der Waals surface area contributed by atoms with E-state index in [4.69, 9.17) is 0 Å². The molecule has 4 aromatic heterocycles. The second-order valence-electron chi connectivity index (χ2n) is 42.1. The summed E-state index contributed by atoms with van der Waals surface area (Å²) in [6, 6.07) is 131. The summed E-state index contributed by atoms with van der Waals surface area (Å²) in [5, 5.41) is 5.32. The molecule has 19 aromatic rings. The van der Waals surface area contributed by atoms with E-state index >= 15 is 0 Å². The number of nitrogens with zero attached hydrogens (tertiary/aromatic N) is 4.